The third-order valence-electron chi connectivity index (χ3n) is 3.95. The highest BCUT2D eigenvalue weighted by Gasteiger charge is 2.34. The average Bonchev–Trinajstić information content (AvgIpc) is 2.79. The summed E-state index contributed by atoms with van der Waals surface area (Å²) in [5, 5.41) is 15.2. The topological polar surface area (TPSA) is 61.4 Å². The molecular weight excluding hydrogens is 216 g/mol. The molecule has 0 radical (unpaired) electrons. The van der Waals surface area contributed by atoms with Gasteiger partial charge in [0.15, 0.2) is 0 Å². The fourth-order valence-electron chi connectivity index (χ4n) is 2.47. The predicted molar refractivity (Wildman–Crippen MR) is 68.9 cm³/mol. The van der Waals surface area contributed by atoms with Crippen molar-refractivity contribution in [3.8, 4) is 0 Å². The summed E-state index contributed by atoms with van der Waals surface area (Å²) in [7, 11) is 0. The molecule has 1 fully saturated rings. The summed E-state index contributed by atoms with van der Waals surface area (Å²) >= 11 is 0. The van der Waals surface area contributed by atoms with Crippen molar-refractivity contribution in [3.63, 3.8) is 0 Å². The molecule has 1 saturated carbocycles. The van der Waals surface area contributed by atoms with Gasteiger partial charge in [-0.3, -0.25) is 0 Å². The van der Waals surface area contributed by atoms with Crippen molar-refractivity contribution in [3.05, 3.63) is 0 Å². The molecule has 2 amide bonds. The van der Waals surface area contributed by atoms with Gasteiger partial charge in [0.1, 0.15) is 0 Å². The minimum absolute atomic E-state index is 0.0470. The summed E-state index contributed by atoms with van der Waals surface area (Å²) < 4.78 is 0. The van der Waals surface area contributed by atoms with Crippen LogP contribution in [0.5, 0.6) is 0 Å². The van der Waals surface area contributed by atoms with E-state index in [0.717, 1.165) is 45.1 Å². The third kappa shape index (κ3) is 4.19. The molecule has 0 atom stereocenters. The summed E-state index contributed by atoms with van der Waals surface area (Å²) in [6.07, 6.45) is 6.13. The van der Waals surface area contributed by atoms with Gasteiger partial charge in [-0.15, -0.1) is 0 Å². The summed E-state index contributed by atoms with van der Waals surface area (Å²) in [6.45, 7) is 5.05. The fourth-order valence-corrected chi connectivity index (χ4v) is 2.47. The van der Waals surface area contributed by atoms with E-state index in [9.17, 15) is 9.90 Å². The molecule has 4 heteroatoms. The SMILES string of the molecule is CCC(CC)CNC(=O)NC1(CO)CCCC1. The smallest absolute Gasteiger partial charge is 0.315 e. The van der Waals surface area contributed by atoms with Crippen molar-refractivity contribution in [2.45, 2.75) is 57.9 Å². The quantitative estimate of drug-likeness (QED) is 0.667. The van der Waals surface area contributed by atoms with Crippen molar-refractivity contribution in [2.75, 3.05) is 13.2 Å². The van der Waals surface area contributed by atoms with Gasteiger partial charge < -0.3 is 15.7 Å². The fraction of sp³-hybridized carbons (Fsp3) is 0.923. The Morgan fingerprint density at radius 1 is 1.29 bits per heavy atom. The van der Waals surface area contributed by atoms with Gasteiger partial charge in [-0.2, -0.15) is 0 Å². The highest BCUT2D eigenvalue weighted by atomic mass is 16.3. The van der Waals surface area contributed by atoms with Crippen molar-refractivity contribution in [2.24, 2.45) is 5.92 Å². The molecule has 1 rings (SSSR count). The Balaban J connectivity index is 2.33. The van der Waals surface area contributed by atoms with E-state index in [1.54, 1.807) is 0 Å². The van der Waals surface area contributed by atoms with Crippen LogP contribution in [0.15, 0.2) is 0 Å². The molecule has 1 aliphatic rings. The third-order valence-corrected chi connectivity index (χ3v) is 3.95. The van der Waals surface area contributed by atoms with Gasteiger partial charge in [-0.1, -0.05) is 39.5 Å². The van der Waals surface area contributed by atoms with Crippen LogP contribution in [0.4, 0.5) is 4.79 Å². The lowest BCUT2D eigenvalue weighted by Crippen LogP contribution is -2.53. The number of amides is 2. The second-order valence-electron chi connectivity index (χ2n) is 5.16. The van der Waals surface area contributed by atoms with E-state index in [-0.39, 0.29) is 18.2 Å². The van der Waals surface area contributed by atoms with Crippen molar-refractivity contribution in [1.82, 2.24) is 10.6 Å². The lowest BCUT2D eigenvalue weighted by atomic mass is 9.99. The maximum Gasteiger partial charge on any atom is 0.315 e. The highest BCUT2D eigenvalue weighted by molar-refractivity contribution is 5.74. The minimum atomic E-state index is -0.363. The van der Waals surface area contributed by atoms with Crippen LogP contribution >= 0.6 is 0 Å². The number of urea groups is 1. The molecule has 100 valence electrons. The number of rotatable bonds is 6. The van der Waals surface area contributed by atoms with E-state index in [1.165, 1.54) is 0 Å². The van der Waals surface area contributed by atoms with Gasteiger partial charge in [0.05, 0.1) is 12.1 Å². The number of hydrogen-bond donors (Lipinski definition) is 3. The molecule has 0 bridgehead atoms. The highest BCUT2D eigenvalue weighted by Crippen LogP contribution is 2.28. The Bertz CT molecular complexity index is 234. The van der Waals surface area contributed by atoms with E-state index in [1.807, 2.05) is 0 Å². The van der Waals surface area contributed by atoms with E-state index < -0.39 is 0 Å². The zero-order valence-electron chi connectivity index (χ0n) is 11.1. The number of aliphatic hydroxyl groups is 1. The molecular formula is C13H26N2O2. The van der Waals surface area contributed by atoms with E-state index in [0.29, 0.717) is 5.92 Å². The van der Waals surface area contributed by atoms with Crippen LogP contribution in [-0.4, -0.2) is 29.8 Å². The van der Waals surface area contributed by atoms with Gasteiger partial charge in [-0.05, 0) is 18.8 Å². The zero-order chi connectivity index (χ0) is 12.7. The standard InChI is InChI=1S/C13H26N2O2/c1-3-11(4-2)9-14-12(17)15-13(10-16)7-5-6-8-13/h11,16H,3-10H2,1-2H3,(H2,14,15,17). The molecule has 0 aliphatic heterocycles. The number of nitrogens with one attached hydrogen (secondary N) is 2. The van der Waals surface area contributed by atoms with Crippen LogP contribution in [0.3, 0.4) is 0 Å². The number of carbonyl (C=O) groups excluding carboxylic acids is 1. The summed E-state index contributed by atoms with van der Waals surface area (Å²) in [4.78, 5) is 11.8. The first-order chi connectivity index (χ1) is 8.15. The van der Waals surface area contributed by atoms with Crippen molar-refractivity contribution >= 4 is 6.03 Å². The summed E-state index contributed by atoms with van der Waals surface area (Å²) in [6, 6.07) is -0.132. The molecule has 0 spiro atoms. The lowest BCUT2D eigenvalue weighted by molar-refractivity contribution is 0.162. The summed E-state index contributed by atoms with van der Waals surface area (Å²) in [5.41, 5.74) is -0.363. The van der Waals surface area contributed by atoms with Crippen LogP contribution in [0, 0.1) is 5.92 Å². The molecule has 0 saturated heterocycles. The van der Waals surface area contributed by atoms with E-state index in [2.05, 4.69) is 24.5 Å². The Morgan fingerprint density at radius 2 is 1.88 bits per heavy atom. The molecule has 3 N–H and O–H groups in total. The minimum Gasteiger partial charge on any atom is -0.394 e. The molecule has 0 aromatic rings. The zero-order valence-corrected chi connectivity index (χ0v) is 11.1. The normalized spacial score (nSPS) is 18.4. The molecule has 0 aromatic heterocycles. The van der Waals surface area contributed by atoms with Crippen LogP contribution in [0.1, 0.15) is 52.4 Å². The number of hydrogen-bond acceptors (Lipinski definition) is 2. The Labute approximate surface area is 104 Å². The molecule has 0 heterocycles. The van der Waals surface area contributed by atoms with Crippen molar-refractivity contribution in [1.29, 1.82) is 0 Å². The van der Waals surface area contributed by atoms with Gasteiger partial charge in [-0.25, -0.2) is 4.79 Å². The maximum absolute atomic E-state index is 11.8. The molecule has 0 unspecified atom stereocenters. The average molecular weight is 242 g/mol. The molecule has 0 aromatic carbocycles. The maximum atomic E-state index is 11.8. The van der Waals surface area contributed by atoms with Gasteiger partial charge in [0.2, 0.25) is 0 Å². The molecule has 1 aliphatic carbocycles. The van der Waals surface area contributed by atoms with Gasteiger partial charge >= 0.3 is 6.03 Å². The second-order valence-corrected chi connectivity index (χ2v) is 5.16. The lowest BCUT2D eigenvalue weighted by Gasteiger charge is -2.28. The Morgan fingerprint density at radius 3 is 2.35 bits per heavy atom. The van der Waals surface area contributed by atoms with Crippen LogP contribution in [0.25, 0.3) is 0 Å². The first-order valence-corrected chi connectivity index (χ1v) is 6.82. The monoisotopic (exact) mass is 242 g/mol. The number of carbonyl (C=O) groups is 1. The van der Waals surface area contributed by atoms with Crippen LogP contribution in [-0.2, 0) is 0 Å². The van der Waals surface area contributed by atoms with E-state index >= 15 is 0 Å². The summed E-state index contributed by atoms with van der Waals surface area (Å²) in [5.74, 6) is 0.550. The van der Waals surface area contributed by atoms with Gasteiger partial charge in [0.25, 0.3) is 0 Å². The first kappa shape index (κ1) is 14.3. The largest absolute Gasteiger partial charge is 0.394 e. The van der Waals surface area contributed by atoms with Crippen LogP contribution < -0.4 is 10.6 Å². The van der Waals surface area contributed by atoms with E-state index in [4.69, 9.17) is 0 Å². The molecule has 17 heavy (non-hydrogen) atoms. The second kappa shape index (κ2) is 6.84. The Kier molecular flexibility index (Phi) is 5.75. The van der Waals surface area contributed by atoms with Gasteiger partial charge in [0, 0.05) is 6.54 Å². The Hall–Kier alpha value is -0.770. The van der Waals surface area contributed by atoms with Crippen molar-refractivity contribution < 1.29 is 9.90 Å². The predicted octanol–water partition coefficient (Wildman–Crippen LogP) is 2.03. The van der Waals surface area contributed by atoms with Crippen LogP contribution in [0.2, 0.25) is 0 Å². The number of aliphatic hydroxyl groups excluding tert-OH is 1. The first-order valence-electron chi connectivity index (χ1n) is 6.82. The molecule has 4 nitrogen and oxygen atoms in total.